The molecule has 0 saturated heterocycles. The largest absolute Gasteiger partial charge is 0.395 e. The number of rotatable bonds is 3. The minimum atomic E-state index is 0.106. The van der Waals surface area contributed by atoms with Gasteiger partial charge >= 0.3 is 0 Å². The molecule has 0 spiro atoms. The molecule has 0 unspecified atom stereocenters. The molecule has 0 fully saturated rings. The molecule has 0 aliphatic heterocycles. The van der Waals surface area contributed by atoms with Crippen molar-refractivity contribution in [1.82, 2.24) is 0 Å². The molecule has 0 heterocycles. The van der Waals surface area contributed by atoms with E-state index in [9.17, 15) is 0 Å². The second-order valence-corrected chi connectivity index (χ2v) is 2.46. The van der Waals surface area contributed by atoms with Gasteiger partial charge in [-0.05, 0) is 18.2 Å². The maximum atomic E-state index is 8.51. The van der Waals surface area contributed by atoms with Crippen molar-refractivity contribution in [2.45, 2.75) is 0 Å². The lowest BCUT2D eigenvalue weighted by molar-refractivity contribution is 0.311. The number of benzene rings is 1. The Kier molecular flexibility index (Phi) is 3.20. The number of anilines is 1. The van der Waals surface area contributed by atoms with Crippen molar-refractivity contribution in [3.63, 3.8) is 0 Å². The molecule has 3 heteroatoms. The van der Waals surface area contributed by atoms with Gasteiger partial charge in [0.2, 0.25) is 0 Å². The van der Waals surface area contributed by atoms with Crippen LogP contribution in [0.2, 0.25) is 5.02 Å². The topological polar surface area (TPSA) is 32.3 Å². The van der Waals surface area contributed by atoms with Gasteiger partial charge in [-0.1, -0.05) is 17.7 Å². The minimum absolute atomic E-state index is 0.106. The maximum absolute atomic E-state index is 8.51. The minimum Gasteiger partial charge on any atom is -0.395 e. The lowest BCUT2D eigenvalue weighted by Gasteiger charge is -2.04. The van der Waals surface area contributed by atoms with Gasteiger partial charge in [0.25, 0.3) is 0 Å². The zero-order valence-electron chi connectivity index (χ0n) is 5.97. The second-order valence-electron chi connectivity index (χ2n) is 2.06. The summed E-state index contributed by atoms with van der Waals surface area (Å²) in [7, 11) is 0. The molecule has 0 atom stereocenters. The van der Waals surface area contributed by atoms with Crippen LogP contribution in [0.15, 0.2) is 18.2 Å². The van der Waals surface area contributed by atoms with Crippen molar-refractivity contribution in [3.05, 3.63) is 29.3 Å². The van der Waals surface area contributed by atoms with E-state index in [4.69, 9.17) is 16.7 Å². The molecule has 59 valence electrons. The number of aliphatic hydroxyl groups excluding tert-OH is 1. The fourth-order valence-electron chi connectivity index (χ4n) is 0.744. The van der Waals surface area contributed by atoms with Crippen LogP contribution in [-0.4, -0.2) is 18.3 Å². The highest BCUT2D eigenvalue weighted by molar-refractivity contribution is 6.33. The Hall–Kier alpha value is -0.730. The molecule has 1 aromatic rings. The standard InChI is InChI=1S/C8H9ClNO/c9-7-3-1-2-4-8(7)10-5-6-11/h2-4,10-11H,5-6H2. The highest BCUT2D eigenvalue weighted by Crippen LogP contribution is 2.19. The smallest absolute Gasteiger partial charge is 0.0643 e. The summed E-state index contributed by atoms with van der Waals surface area (Å²) < 4.78 is 0. The van der Waals surface area contributed by atoms with Crippen LogP contribution >= 0.6 is 11.6 Å². The molecule has 0 aromatic heterocycles. The van der Waals surface area contributed by atoms with Crippen LogP contribution in [0.5, 0.6) is 0 Å². The van der Waals surface area contributed by atoms with Crippen LogP contribution in [0, 0.1) is 6.07 Å². The summed E-state index contributed by atoms with van der Waals surface area (Å²) in [6, 6.07) is 8.11. The number of halogens is 1. The fourth-order valence-corrected chi connectivity index (χ4v) is 0.937. The Morgan fingerprint density at radius 3 is 3.09 bits per heavy atom. The van der Waals surface area contributed by atoms with Crippen LogP contribution in [0.25, 0.3) is 0 Å². The van der Waals surface area contributed by atoms with Gasteiger partial charge in [0.1, 0.15) is 0 Å². The van der Waals surface area contributed by atoms with Gasteiger partial charge in [-0.3, -0.25) is 0 Å². The number of hydrogen-bond donors (Lipinski definition) is 2. The van der Waals surface area contributed by atoms with E-state index in [0.29, 0.717) is 11.6 Å². The number of aliphatic hydroxyl groups is 1. The predicted octanol–water partition coefficient (Wildman–Crippen LogP) is 1.54. The Labute approximate surface area is 70.8 Å². The van der Waals surface area contributed by atoms with Gasteiger partial charge in [0.05, 0.1) is 17.3 Å². The summed E-state index contributed by atoms with van der Waals surface area (Å²) in [5, 5.41) is 12.1. The normalized spacial score (nSPS) is 9.64. The second kappa shape index (κ2) is 4.21. The first-order valence-corrected chi connectivity index (χ1v) is 3.72. The molecular weight excluding hydrogens is 162 g/mol. The zero-order valence-corrected chi connectivity index (χ0v) is 6.73. The molecule has 0 aliphatic rings. The predicted molar refractivity (Wildman–Crippen MR) is 45.9 cm³/mol. The quantitative estimate of drug-likeness (QED) is 0.722. The van der Waals surface area contributed by atoms with Crippen molar-refractivity contribution in [1.29, 1.82) is 0 Å². The van der Waals surface area contributed by atoms with E-state index in [1.807, 2.05) is 6.07 Å². The van der Waals surface area contributed by atoms with E-state index >= 15 is 0 Å². The third kappa shape index (κ3) is 2.41. The van der Waals surface area contributed by atoms with E-state index in [2.05, 4.69) is 11.4 Å². The first kappa shape index (κ1) is 8.37. The first-order valence-electron chi connectivity index (χ1n) is 3.35. The average Bonchev–Trinajstić information content (AvgIpc) is 2.03. The van der Waals surface area contributed by atoms with Crippen LogP contribution in [-0.2, 0) is 0 Å². The van der Waals surface area contributed by atoms with Crippen LogP contribution in [0.1, 0.15) is 0 Å². The summed E-state index contributed by atoms with van der Waals surface area (Å²) in [6.45, 7) is 0.624. The SMILES string of the molecule is OCCNc1cc[c]cc1Cl. The molecule has 0 saturated carbocycles. The number of hydrogen-bond acceptors (Lipinski definition) is 2. The summed E-state index contributed by atoms with van der Waals surface area (Å²) in [6.07, 6.45) is 0. The van der Waals surface area contributed by atoms with Crippen molar-refractivity contribution < 1.29 is 5.11 Å². The van der Waals surface area contributed by atoms with Gasteiger partial charge in [-0.15, -0.1) is 0 Å². The monoisotopic (exact) mass is 170 g/mol. The van der Waals surface area contributed by atoms with Crippen molar-refractivity contribution in [3.8, 4) is 0 Å². The van der Waals surface area contributed by atoms with Crippen molar-refractivity contribution >= 4 is 17.3 Å². The zero-order chi connectivity index (χ0) is 8.10. The van der Waals surface area contributed by atoms with Gasteiger partial charge < -0.3 is 10.4 Å². The first-order chi connectivity index (χ1) is 5.34. The van der Waals surface area contributed by atoms with E-state index in [0.717, 1.165) is 5.69 Å². The van der Waals surface area contributed by atoms with Crippen molar-refractivity contribution in [2.24, 2.45) is 0 Å². The Morgan fingerprint density at radius 1 is 1.64 bits per heavy atom. The summed E-state index contributed by atoms with van der Waals surface area (Å²) in [5.41, 5.74) is 0.833. The fraction of sp³-hybridized carbons (Fsp3) is 0.250. The molecule has 0 aliphatic carbocycles. The average molecular weight is 171 g/mol. The molecule has 2 nitrogen and oxygen atoms in total. The Morgan fingerprint density at radius 2 is 2.45 bits per heavy atom. The lowest BCUT2D eigenvalue weighted by atomic mass is 10.3. The molecule has 0 bridgehead atoms. The van der Waals surface area contributed by atoms with Gasteiger partial charge in [-0.25, -0.2) is 0 Å². The summed E-state index contributed by atoms with van der Waals surface area (Å²) >= 11 is 5.78. The maximum Gasteiger partial charge on any atom is 0.0643 e. The highest BCUT2D eigenvalue weighted by Gasteiger charge is 1.94. The van der Waals surface area contributed by atoms with Gasteiger partial charge in [0.15, 0.2) is 0 Å². The molecule has 1 rings (SSSR count). The van der Waals surface area contributed by atoms with Crippen LogP contribution < -0.4 is 5.32 Å². The van der Waals surface area contributed by atoms with E-state index in [1.165, 1.54) is 0 Å². The molecule has 1 aromatic carbocycles. The molecule has 1 radical (unpaired) electrons. The van der Waals surface area contributed by atoms with E-state index in [-0.39, 0.29) is 6.61 Å². The van der Waals surface area contributed by atoms with Gasteiger partial charge in [0, 0.05) is 6.54 Å². The van der Waals surface area contributed by atoms with Crippen LogP contribution in [0.3, 0.4) is 0 Å². The molecule has 11 heavy (non-hydrogen) atoms. The third-order valence-corrected chi connectivity index (χ3v) is 1.55. The van der Waals surface area contributed by atoms with Gasteiger partial charge in [-0.2, -0.15) is 0 Å². The van der Waals surface area contributed by atoms with E-state index < -0.39 is 0 Å². The molecule has 2 N–H and O–H groups in total. The molecular formula is C8H9ClNO. The Bertz CT molecular complexity index is 227. The Balaban J connectivity index is 2.62. The highest BCUT2D eigenvalue weighted by atomic mass is 35.5. The van der Waals surface area contributed by atoms with Crippen LogP contribution in [0.4, 0.5) is 5.69 Å². The van der Waals surface area contributed by atoms with E-state index in [1.54, 1.807) is 12.1 Å². The summed E-state index contributed by atoms with van der Waals surface area (Å²) in [4.78, 5) is 0. The van der Waals surface area contributed by atoms with Crippen molar-refractivity contribution in [2.75, 3.05) is 18.5 Å². The number of nitrogens with one attached hydrogen (secondary N) is 1. The summed E-state index contributed by atoms with van der Waals surface area (Å²) in [5.74, 6) is 0. The molecule has 0 amide bonds. The third-order valence-electron chi connectivity index (χ3n) is 1.24. The lowest BCUT2D eigenvalue weighted by Crippen LogP contribution is -2.05.